The molecule has 2 aliphatic rings. The minimum atomic E-state index is -0.696. The summed E-state index contributed by atoms with van der Waals surface area (Å²) < 4.78 is 1.96. The lowest BCUT2D eigenvalue weighted by atomic mass is 9.93. The van der Waals surface area contributed by atoms with Gasteiger partial charge in [0.15, 0.2) is 4.80 Å². The highest BCUT2D eigenvalue weighted by atomic mass is 32.1. The van der Waals surface area contributed by atoms with Gasteiger partial charge in [-0.05, 0) is 61.2 Å². The molecule has 3 aromatic carbocycles. The summed E-state index contributed by atoms with van der Waals surface area (Å²) in [5.41, 5.74) is 4.49. The second-order valence-electron chi connectivity index (χ2n) is 11.0. The van der Waals surface area contributed by atoms with E-state index >= 15 is 0 Å². The molecule has 0 fully saturated rings. The number of aromatic nitrogens is 1. The number of carbonyl (C=O) groups excluding carboxylic acids is 2. The summed E-state index contributed by atoms with van der Waals surface area (Å²) in [6.07, 6.45) is 1.68. The zero-order valence-corrected chi connectivity index (χ0v) is 25.1. The predicted molar refractivity (Wildman–Crippen MR) is 171 cm³/mol. The van der Waals surface area contributed by atoms with Gasteiger partial charge in [0.1, 0.15) is 5.92 Å². The highest BCUT2D eigenvalue weighted by Gasteiger charge is 2.35. The Hall–Kier alpha value is -4.89. The van der Waals surface area contributed by atoms with Crippen molar-refractivity contribution in [1.82, 2.24) is 4.57 Å². The van der Waals surface area contributed by atoms with Crippen LogP contribution in [0.2, 0.25) is 0 Å². The third-order valence-electron chi connectivity index (χ3n) is 7.72. The minimum Gasteiger partial charge on any atom is -0.322 e. The number of allylic oxidation sites excluding steroid dienone is 1. The fourth-order valence-corrected chi connectivity index (χ4v) is 6.46. The maximum Gasteiger partial charge on any atom is 0.270 e. The van der Waals surface area contributed by atoms with Gasteiger partial charge in [0.05, 0.1) is 33.2 Å². The first kappa shape index (κ1) is 28.2. The molecule has 0 spiro atoms. The van der Waals surface area contributed by atoms with Gasteiger partial charge < -0.3 is 5.32 Å². The molecule has 2 amide bonds. The number of amides is 2. The third kappa shape index (κ3) is 5.28. The van der Waals surface area contributed by atoms with Crippen LogP contribution in [0.15, 0.2) is 111 Å². The molecule has 2 atom stereocenters. The van der Waals surface area contributed by atoms with Gasteiger partial charge in [0.2, 0.25) is 0 Å². The summed E-state index contributed by atoms with van der Waals surface area (Å²) in [7, 11) is 0. The van der Waals surface area contributed by atoms with Crippen molar-refractivity contribution in [3.8, 4) is 0 Å². The van der Waals surface area contributed by atoms with Crippen LogP contribution >= 0.6 is 11.3 Å². The molecule has 0 saturated heterocycles. The van der Waals surface area contributed by atoms with Crippen LogP contribution in [0.25, 0.3) is 6.08 Å². The maximum atomic E-state index is 14.1. The van der Waals surface area contributed by atoms with E-state index in [-0.39, 0.29) is 17.4 Å². The van der Waals surface area contributed by atoms with Crippen molar-refractivity contribution in [3.05, 3.63) is 127 Å². The molecule has 0 radical (unpaired) electrons. The molecule has 9 heteroatoms. The van der Waals surface area contributed by atoms with E-state index in [0.717, 1.165) is 11.1 Å². The molecule has 0 unspecified atom stereocenters. The van der Waals surface area contributed by atoms with Gasteiger partial charge in [-0.15, -0.1) is 0 Å². The van der Waals surface area contributed by atoms with Crippen LogP contribution in [0.5, 0.6) is 0 Å². The number of carbonyl (C=O) groups is 2. The Morgan fingerprint density at radius 1 is 0.930 bits per heavy atom. The molecule has 0 bridgehead atoms. The van der Waals surface area contributed by atoms with Crippen LogP contribution < -0.4 is 25.2 Å². The van der Waals surface area contributed by atoms with E-state index in [0.29, 0.717) is 43.6 Å². The number of hydrogen-bond donors (Lipinski definition) is 1. The normalized spacial score (nSPS) is 18.5. The van der Waals surface area contributed by atoms with Gasteiger partial charge in [0.25, 0.3) is 17.4 Å². The Morgan fingerprint density at radius 3 is 2.23 bits per heavy atom. The van der Waals surface area contributed by atoms with Gasteiger partial charge in [-0.25, -0.2) is 4.99 Å². The standard InChI is InChI=1S/C34H31N5O3S/c1-20(2)23-15-17-24(18-16-23)30-29(31(40)36-25-11-7-5-8-12-25)22(4)35-34-38(30)33(42)28(43-34)19-27-21(3)37-39(32(27)41)26-13-9-6-10-14-26/h5-20,27,30H,1-4H3,(H,36,40)/b28-19+/t27-,30+/m1/s1. The summed E-state index contributed by atoms with van der Waals surface area (Å²) in [5.74, 6) is -0.910. The molecule has 2 aliphatic heterocycles. The van der Waals surface area contributed by atoms with Crippen LogP contribution in [0.1, 0.15) is 50.8 Å². The zero-order valence-electron chi connectivity index (χ0n) is 24.3. The molecule has 1 aromatic heterocycles. The van der Waals surface area contributed by atoms with Crippen LogP contribution in [0, 0.1) is 5.92 Å². The smallest absolute Gasteiger partial charge is 0.270 e. The van der Waals surface area contributed by atoms with Crippen molar-refractivity contribution in [2.24, 2.45) is 16.0 Å². The first-order valence-electron chi connectivity index (χ1n) is 14.2. The molecule has 3 heterocycles. The lowest BCUT2D eigenvalue weighted by molar-refractivity contribution is -0.118. The topological polar surface area (TPSA) is 96.1 Å². The van der Waals surface area contributed by atoms with E-state index in [1.807, 2.05) is 84.9 Å². The van der Waals surface area contributed by atoms with Crippen molar-refractivity contribution in [1.29, 1.82) is 0 Å². The Labute approximate surface area is 253 Å². The van der Waals surface area contributed by atoms with Gasteiger partial charge in [-0.3, -0.25) is 19.0 Å². The Kier molecular flexibility index (Phi) is 7.50. The summed E-state index contributed by atoms with van der Waals surface area (Å²) in [6, 6.07) is 25.7. The SMILES string of the molecule is CC1=NN(c2ccccc2)C(=O)[C@@H]1/C=c1/sc2n(c1=O)[C@@H](c1ccc(C(C)C)cc1)C(C(=O)Nc1ccccc1)=C(C)N=2. The molecule has 216 valence electrons. The fraction of sp³-hybridized carbons (Fsp3) is 0.206. The van der Waals surface area contributed by atoms with Crippen LogP contribution in [0.3, 0.4) is 0 Å². The maximum absolute atomic E-state index is 14.1. The molecule has 0 saturated carbocycles. The number of benzene rings is 3. The Bertz CT molecular complexity index is 1960. The monoisotopic (exact) mass is 589 g/mol. The van der Waals surface area contributed by atoms with Gasteiger partial charge in [0, 0.05) is 5.69 Å². The molecule has 8 nitrogen and oxygen atoms in total. The van der Waals surface area contributed by atoms with Crippen LogP contribution in [-0.4, -0.2) is 22.1 Å². The molecule has 1 N–H and O–H groups in total. The molecule has 43 heavy (non-hydrogen) atoms. The van der Waals surface area contributed by atoms with Crippen LogP contribution in [0.4, 0.5) is 11.4 Å². The lowest BCUT2D eigenvalue weighted by Gasteiger charge is -2.25. The Morgan fingerprint density at radius 2 is 1.58 bits per heavy atom. The predicted octanol–water partition coefficient (Wildman–Crippen LogP) is 4.99. The molecule has 6 rings (SSSR count). The number of rotatable bonds is 6. The van der Waals surface area contributed by atoms with E-state index < -0.39 is 12.0 Å². The van der Waals surface area contributed by atoms with E-state index in [2.05, 4.69) is 24.3 Å². The highest BCUT2D eigenvalue weighted by Crippen LogP contribution is 2.32. The molecular formula is C34H31N5O3S. The quantitative estimate of drug-likeness (QED) is 0.343. The van der Waals surface area contributed by atoms with Gasteiger partial charge in [-0.2, -0.15) is 10.1 Å². The van der Waals surface area contributed by atoms with E-state index in [1.165, 1.54) is 16.3 Å². The molecule has 0 aliphatic carbocycles. The average molecular weight is 590 g/mol. The number of anilines is 2. The average Bonchev–Trinajstić information content (AvgIpc) is 3.47. The largest absolute Gasteiger partial charge is 0.322 e. The number of nitrogens with zero attached hydrogens (tertiary/aromatic N) is 4. The Balaban J connectivity index is 1.45. The third-order valence-corrected chi connectivity index (χ3v) is 8.72. The summed E-state index contributed by atoms with van der Waals surface area (Å²) >= 11 is 1.21. The summed E-state index contributed by atoms with van der Waals surface area (Å²) in [6.45, 7) is 7.82. The first-order chi connectivity index (χ1) is 20.7. The number of thiazole rings is 1. The minimum absolute atomic E-state index is 0.227. The van der Waals surface area contributed by atoms with Crippen molar-refractivity contribution >= 4 is 46.3 Å². The number of nitrogens with one attached hydrogen (secondary N) is 1. The van der Waals surface area contributed by atoms with Crippen molar-refractivity contribution in [2.45, 2.75) is 39.7 Å². The number of fused-ring (bicyclic) bond motifs is 1. The van der Waals surface area contributed by atoms with E-state index in [1.54, 1.807) is 24.5 Å². The van der Waals surface area contributed by atoms with Crippen molar-refractivity contribution < 1.29 is 9.59 Å². The summed E-state index contributed by atoms with van der Waals surface area (Å²) in [4.78, 5) is 46.5. The second-order valence-corrected chi connectivity index (χ2v) is 12.0. The lowest BCUT2D eigenvalue weighted by Crippen LogP contribution is -2.41. The van der Waals surface area contributed by atoms with Gasteiger partial charge in [-0.1, -0.05) is 85.8 Å². The number of para-hydroxylation sites is 2. The molecular weight excluding hydrogens is 558 g/mol. The van der Waals surface area contributed by atoms with Crippen molar-refractivity contribution in [3.63, 3.8) is 0 Å². The number of hydrogen-bond acceptors (Lipinski definition) is 6. The van der Waals surface area contributed by atoms with Crippen molar-refractivity contribution in [2.75, 3.05) is 10.3 Å². The van der Waals surface area contributed by atoms with E-state index in [9.17, 15) is 14.4 Å². The molecule has 4 aromatic rings. The fourth-order valence-electron chi connectivity index (χ4n) is 5.40. The first-order valence-corrected chi connectivity index (χ1v) is 15.0. The van der Waals surface area contributed by atoms with E-state index in [4.69, 9.17) is 4.99 Å². The highest BCUT2D eigenvalue weighted by molar-refractivity contribution is 7.07. The van der Waals surface area contributed by atoms with Gasteiger partial charge >= 0.3 is 0 Å². The second kappa shape index (κ2) is 11.4. The zero-order chi connectivity index (χ0) is 30.2. The number of hydrazone groups is 1. The summed E-state index contributed by atoms with van der Waals surface area (Å²) in [5, 5.41) is 8.84. The van der Waals surface area contributed by atoms with Crippen LogP contribution in [-0.2, 0) is 9.59 Å².